The van der Waals surface area contributed by atoms with E-state index in [1.54, 1.807) is 6.08 Å². The number of hydrogen-bond acceptors (Lipinski definition) is 3. The van der Waals surface area contributed by atoms with Crippen LogP contribution in [0.2, 0.25) is 0 Å². The van der Waals surface area contributed by atoms with E-state index in [1.807, 2.05) is 36.3 Å². The zero-order valence-corrected chi connectivity index (χ0v) is 9.14. The van der Waals surface area contributed by atoms with Crippen LogP contribution in [-0.2, 0) is 9.53 Å². The van der Waals surface area contributed by atoms with Gasteiger partial charge < -0.3 is 9.84 Å². The van der Waals surface area contributed by atoms with Gasteiger partial charge in [-0.15, -0.1) is 0 Å². The molecule has 84 valence electrons. The third-order valence-electron chi connectivity index (χ3n) is 2.12. The Labute approximate surface area is 94.7 Å². The molecular weight excluding hydrogens is 204 g/mol. The van der Waals surface area contributed by atoms with Gasteiger partial charge in [-0.3, -0.25) is 0 Å². The van der Waals surface area contributed by atoms with Crippen LogP contribution < -0.4 is 0 Å². The van der Waals surface area contributed by atoms with Crippen LogP contribution in [0, 0.1) is 0 Å². The minimum Gasteiger partial charge on any atom is -0.501 e. The lowest BCUT2D eigenvalue weighted by Gasteiger charge is -2.04. The van der Waals surface area contributed by atoms with Crippen LogP contribution in [-0.4, -0.2) is 24.8 Å². The maximum atomic E-state index is 10.8. The Bertz CT molecular complexity index is 400. The van der Waals surface area contributed by atoms with Crippen molar-refractivity contribution >= 4 is 11.5 Å². The molecule has 0 saturated heterocycles. The van der Waals surface area contributed by atoms with Crippen LogP contribution in [0.25, 0.3) is 5.57 Å². The minimum absolute atomic E-state index is 0.0133. The van der Waals surface area contributed by atoms with Gasteiger partial charge in [0.15, 0.2) is 0 Å². The van der Waals surface area contributed by atoms with Crippen molar-refractivity contribution in [2.24, 2.45) is 0 Å². The van der Waals surface area contributed by atoms with Gasteiger partial charge in [0.2, 0.25) is 0 Å². The van der Waals surface area contributed by atoms with E-state index in [-0.39, 0.29) is 6.61 Å². The molecule has 0 aromatic heterocycles. The summed E-state index contributed by atoms with van der Waals surface area (Å²) < 4.78 is 5.05. The lowest BCUT2D eigenvalue weighted by atomic mass is 10.1. The summed E-state index contributed by atoms with van der Waals surface area (Å²) in [6.45, 7) is -0.0133. The van der Waals surface area contributed by atoms with Gasteiger partial charge in [0, 0.05) is 6.42 Å². The number of ether oxygens (including phenoxy) is 1. The van der Waals surface area contributed by atoms with Crippen molar-refractivity contribution in [1.29, 1.82) is 0 Å². The van der Waals surface area contributed by atoms with E-state index < -0.39 is 0 Å². The fourth-order valence-corrected chi connectivity index (χ4v) is 1.29. The number of allylic oxidation sites excluding steroid dienone is 2. The maximum absolute atomic E-state index is 10.8. The number of carbonyl (C=O) groups excluding carboxylic acids is 1. The third-order valence-corrected chi connectivity index (χ3v) is 2.12. The molecule has 0 aliphatic carbocycles. The molecule has 0 amide bonds. The van der Waals surface area contributed by atoms with E-state index in [9.17, 15) is 4.79 Å². The van der Waals surface area contributed by atoms with E-state index in [1.165, 1.54) is 7.11 Å². The van der Waals surface area contributed by atoms with Crippen LogP contribution in [0.1, 0.15) is 12.0 Å². The van der Waals surface area contributed by atoms with Crippen LogP contribution in [0.5, 0.6) is 0 Å². The zero-order valence-electron chi connectivity index (χ0n) is 9.14. The normalized spacial score (nSPS) is 10.8. The highest BCUT2D eigenvalue weighted by atomic mass is 16.5. The molecule has 0 radical (unpaired) electrons. The Morgan fingerprint density at radius 3 is 2.62 bits per heavy atom. The van der Waals surface area contributed by atoms with E-state index in [0.29, 0.717) is 17.8 Å². The van der Waals surface area contributed by atoms with Crippen molar-refractivity contribution in [1.82, 2.24) is 0 Å². The van der Waals surface area contributed by atoms with Gasteiger partial charge in [-0.05, 0) is 11.6 Å². The zero-order chi connectivity index (χ0) is 11.8. The monoisotopic (exact) mass is 218 g/mol. The first-order chi connectivity index (χ1) is 7.81. The lowest BCUT2D eigenvalue weighted by molar-refractivity contribution is 0.232. The fourth-order valence-electron chi connectivity index (χ4n) is 1.29. The lowest BCUT2D eigenvalue weighted by Crippen LogP contribution is -1.93. The van der Waals surface area contributed by atoms with Crippen LogP contribution in [0.4, 0.5) is 0 Å². The molecule has 1 aromatic carbocycles. The smallest absolute Gasteiger partial charge is 0.133 e. The number of aliphatic hydroxyl groups is 1. The molecule has 3 heteroatoms. The Kier molecular flexibility index (Phi) is 5.06. The van der Waals surface area contributed by atoms with Crippen molar-refractivity contribution in [2.75, 3.05) is 13.7 Å². The van der Waals surface area contributed by atoms with E-state index in [4.69, 9.17) is 9.84 Å². The first-order valence-corrected chi connectivity index (χ1v) is 4.97. The molecule has 0 saturated carbocycles. The topological polar surface area (TPSA) is 46.5 Å². The average Bonchev–Trinajstić information content (AvgIpc) is 2.35. The van der Waals surface area contributed by atoms with Crippen molar-refractivity contribution in [3.8, 4) is 0 Å². The summed E-state index contributed by atoms with van der Waals surface area (Å²) in [4.78, 5) is 10.8. The van der Waals surface area contributed by atoms with Crippen molar-refractivity contribution in [2.45, 2.75) is 6.42 Å². The number of benzene rings is 1. The fraction of sp³-hybridized carbons (Fsp3) is 0.231. The molecule has 16 heavy (non-hydrogen) atoms. The highest BCUT2D eigenvalue weighted by molar-refractivity contribution is 5.93. The molecule has 0 aliphatic rings. The summed E-state index contributed by atoms with van der Waals surface area (Å²) in [5.74, 6) is 2.43. The maximum Gasteiger partial charge on any atom is 0.133 e. The quantitative estimate of drug-likeness (QED) is 0.466. The first kappa shape index (κ1) is 12.2. The van der Waals surface area contributed by atoms with Gasteiger partial charge in [-0.1, -0.05) is 30.3 Å². The van der Waals surface area contributed by atoms with E-state index >= 15 is 0 Å². The predicted octanol–water partition coefficient (Wildman–Crippen LogP) is 1.81. The molecule has 0 fully saturated rings. The standard InChI is InChI=1S/C13H14O3/c1-16-13(7-8-14)9-12(10-15)11-5-3-2-4-6-11/h2-6,9,14H,7-8H2,1H3/b13-9+. The Morgan fingerprint density at radius 1 is 1.44 bits per heavy atom. The van der Waals surface area contributed by atoms with Gasteiger partial charge in [-0.25, -0.2) is 4.79 Å². The van der Waals surface area contributed by atoms with Gasteiger partial charge >= 0.3 is 0 Å². The van der Waals surface area contributed by atoms with Crippen molar-refractivity contribution < 1.29 is 14.6 Å². The molecule has 0 aliphatic heterocycles. The molecule has 0 bridgehead atoms. The SMILES string of the molecule is CO/C(=C/C(=C=O)c1ccccc1)CCO. The van der Waals surface area contributed by atoms with Gasteiger partial charge in [0.05, 0.1) is 25.0 Å². The summed E-state index contributed by atoms with van der Waals surface area (Å²) in [5.41, 5.74) is 1.20. The highest BCUT2D eigenvalue weighted by Gasteiger charge is 2.02. The van der Waals surface area contributed by atoms with Crippen LogP contribution >= 0.6 is 0 Å². The number of methoxy groups -OCH3 is 1. The molecule has 1 rings (SSSR count). The molecule has 0 unspecified atom stereocenters. The number of rotatable bonds is 5. The van der Waals surface area contributed by atoms with Gasteiger partial charge in [0.25, 0.3) is 0 Å². The third kappa shape index (κ3) is 3.39. The average molecular weight is 218 g/mol. The second-order valence-corrected chi connectivity index (χ2v) is 3.17. The number of aliphatic hydroxyl groups excluding tert-OH is 1. The van der Waals surface area contributed by atoms with Crippen LogP contribution in [0.15, 0.2) is 42.2 Å². The summed E-state index contributed by atoms with van der Waals surface area (Å²) in [6, 6.07) is 9.21. The first-order valence-electron chi connectivity index (χ1n) is 4.97. The van der Waals surface area contributed by atoms with Crippen molar-refractivity contribution in [3.63, 3.8) is 0 Å². The Balaban J connectivity index is 2.97. The molecule has 0 atom stereocenters. The van der Waals surface area contributed by atoms with Crippen molar-refractivity contribution in [3.05, 3.63) is 47.7 Å². The van der Waals surface area contributed by atoms with Crippen LogP contribution in [0.3, 0.4) is 0 Å². The summed E-state index contributed by atoms with van der Waals surface area (Å²) in [7, 11) is 1.51. The molecule has 1 aromatic rings. The second-order valence-electron chi connectivity index (χ2n) is 3.17. The molecule has 3 nitrogen and oxygen atoms in total. The minimum atomic E-state index is -0.0133. The van der Waals surface area contributed by atoms with Gasteiger partial charge in [0.1, 0.15) is 5.94 Å². The molecule has 0 heterocycles. The second kappa shape index (κ2) is 6.62. The molecule has 0 spiro atoms. The largest absolute Gasteiger partial charge is 0.501 e. The van der Waals surface area contributed by atoms with E-state index in [2.05, 4.69) is 0 Å². The molecule has 1 N–H and O–H groups in total. The number of hydrogen-bond donors (Lipinski definition) is 1. The van der Waals surface area contributed by atoms with Gasteiger partial charge in [-0.2, -0.15) is 0 Å². The summed E-state index contributed by atoms with van der Waals surface area (Å²) in [6.07, 6.45) is 1.98. The Morgan fingerprint density at radius 2 is 2.12 bits per heavy atom. The van der Waals surface area contributed by atoms with E-state index in [0.717, 1.165) is 5.56 Å². The summed E-state index contributed by atoms with van der Waals surface area (Å²) >= 11 is 0. The highest BCUT2D eigenvalue weighted by Crippen LogP contribution is 2.15. The molecular formula is C13H14O3. The Hall–Kier alpha value is -1.83. The summed E-state index contributed by atoms with van der Waals surface area (Å²) in [5, 5.41) is 8.80. The predicted molar refractivity (Wildman–Crippen MR) is 62.3 cm³/mol.